The number of carbonyl (C=O) groups excluding carboxylic acids is 1. The molecule has 1 aromatic heterocycles. The van der Waals surface area contributed by atoms with E-state index in [1.54, 1.807) is 0 Å². The molecule has 1 aliphatic rings. The van der Waals surface area contributed by atoms with Gasteiger partial charge in [0.25, 0.3) is 0 Å². The Kier molecular flexibility index (Phi) is 5.69. The van der Waals surface area contributed by atoms with Crippen molar-refractivity contribution in [3.8, 4) is 6.07 Å². The van der Waals surface area contributed by atoms with Crippen LogP contribution in [0.3, 0.4) is 0 Å². The van der Waals surface area contributed by atoms with Crippen molar-refractivity contribution in [1.82, 2.24) is 4.98 Å². The lowest BCUT2D eigenvalue weighted by molar-refractivity contribution is -0.115. The summed E-state index contributed by atoms with van der Waals surface area (Å²) >= 11 is 4.83. The molecule has 6 heteroatoms. The molecule has 0 saturated heterocycles. The van der Waals surface area contributed by atoms with Crippen LogP contribution in [0.5, 0.6) is 0 Å². The van der Waals surface area contributed by atoms with E-state index in [1.807, 2.05) is 39.0 Å². The van der Waals surface area contributed by atoms with Crippen molar-refractivity contribution in [3.05, 3.63) is 50.6 Å². The van der Waals surface area contributed by atoms with Crippen molar-refractivity contribution in [3.63, 3.8) is 0 Å². The summed E-state index contributed by atoms with van der Waals surface area (Å²) < 4.78 is 0.854. The first kappa shape index (κ1) is 18.9. The van der Waals surface area contributed by atoms with Gasteiger partial charge < -0.3 is 5.32 Å². The van der Waals surface area contributed by atoms with Crippen LogP contribution in [0.15, 0.2) is 27.7 Å². The Bertz CT molecular complexity index is 920. The SMILES string of the molecule is Cc1ccc(NC(=O)C(C)Sc2nc3c(c(C)c2C#N)CCC3)c(Br)c1. The maximum absolute atomic E-state index is 12.6. The van der Waals surface area contributed by atoms with Gasteiger partial charge in [0.2, 0.25) is 5.91 Å². The molecule has 0 bridgehead atoms. The summed E-state index contributed by atoms with van der Waals surface area (Å²) in [5, 5.41) is 12.8. The summed E-state index contributed by atoms with van der Waals surface area (Å²) in [6.07, 6.45) is 3.03. The number of aromatic nitrogens is 1. The lowest BCUT2D eigenvalue weighted by Gasteiger charge is -2.15. The molecular formula is C20H20BrN3OS. The topological polar surface area (TPSA) is 65.8 Å². The third-order valence-corrected chi connectivity index (χ3v) is 6.36. The van der Waals surface area contributed by atoms with Gasteiger partial charge in [0.1, 0.15) is 11.1 Å². The number of halogens is 1. The molecular weight excluding hydrogens is 410 g/mol. The largest absolute Gasteiger partial charge is 0.324 e. The summed E-state index contributed by atoms with van der Waals surface area (Å²) in [6.45, 7) is 5.83. The molecule has 1 aromatic carbocycles. The fraction of sp³-hybridized carbons (Fsp3) is 0.350. The maximum Gasteiger partial charge on any atom is 0.237 e. The van der Waals surface area contributed by atoms with Crippen molar-refractivity contribution in [2.24, 2.45) is 0 Å². The van der Waals surface area contributed by atoms with Crippen molar-refractivity contribution >= 4 is 39.3 Å². The highest BCUT2D eigenvalue weighted by Gasteiger charge is 2.24. The second kappa shape index (κ2) is 7.81. The van der Waals surface area contributed by atoms with E-state index in [4.69, 9.17) is 4.98 Å². The van der Waals surface area contributed by atoms with E-state index in [0.29, 0.717) is 10.6 Å². The molecule has 0 aliphatic heterocycles. The minimum atomic E-state index is -0.360. The van der Waals surface area contributed by atoms with Gasteiger partial charge >= 0.3 is 0 Å². The number of thioether (sulfide) groups is 1. The Morgan fingerprint density at radius 2 is 2.15 bits per heavy atom. The van der Waals surface area contributed by atoms with Crippen LogP contribution < -0.4 is 5.32 Å². The molecule has 2 aromatic rings. The number of rotatable bonds is 4. The molecule has 0 fully saturated rings. The van der Waals surface area contributed by atoms with E-state index in [2.05, 4.69) is 27.3 Å². The van der Waals surface area contributed by atoms with Crippen LogP contribution in [0.2, 0.25) is 0 Å². The van der Waals surface area contributed by atoms with Crippen LogP contribution in [-0.2, 0) is 17.6 Å². The molecule has 0 saturated carbocycles. The van der Waals surface area contributed by atoms with Gasteiger partial charge in [-0.1, -0.05) is 17.8 Å². The van der Waals surface area contributed by atoms with Gasteiger partial charge in [-0.3, -0.25) is 4.79 Å². The molecule has 26 heavy (non-hydrogen) atoms. The second-order valence-electron chi connectivity index (χ2n) is 6.54. The first-order chi connectivity index (χ1) is 12.4. The molecule has 1 heterocycles. The monoisotopic (exact) mass is 429 g/mol. The highest BCUT2D eigenvalue weighted by molar-refractivity contribution is 9.10. The third-order valence-electron chi connectivity index (χ3n) is 4.62. The van der Waals surface area contributed by atoms with E-state index in [-0.39, 0.29) is 11.2 Å². The minimum absolute atomic E-state index is 0.108. The molecule has 134 valence electrons. The Morgan fingerprint density at radius 1 is 1.38 bits per heavy atom. The smallest absolute Gasteiger partial charge is 0.237 e. The van der Waals surface area contributed by atoms with Gasteiger partial charge in [-0.2, -0.15) is 5.26 Å². The first-order valence-electron chi connectivity index (χ1n) is 8.56. The number of pyridine rings is 1. The lowest BCUT2D eigenvalue weighted by atomic mass is 10.0. The number of nitriles is 1. The van der Waals surface area contributed by atoms with E-state index < -0.39 is 0 Å². The number of fused-ring (bicyclic) bond motifs is 1. The van der Waals surface area contributed by atoms with E-state index in [1.165, 1.54) is 17.3 Å². The van der Waals surface area contributed by atoms with Gasteiger partial charge in [0.05, 0.1) is 16.5 Å². The average Bonchev–Trinajstić information content (AvgIpc) is 3.06. The van der Waals surface area contributed by atoms with E-state index in [0.717, 1.165) is 46.2 Å². The van der Waals surface area contributed by atoms with Gasteiger partial charge in [-0.05, 0) is 84.8 Å². The van der Waals surface area contributed by atoms with Gasteiger partial charge in [0, 0.05) is 10.2 Å². The molecule has 0 radical (unpaired) electrons. The Hall–Kier alpha value is -1.84. The number of carbonyl (C=O) groups is 1. The van der Waals surface area contributed by atoms with Gasteiger partial charge in [-0.15, -0.1) is 0 Å². The van der Waals surface area contributed by atoms with Crippen LogP contribution in [0, 0.1) is 25.2 Å². The average molecular weight is 430 g/mol. The summed E-state index contributed by atoms with van der Waals surface area (Å²) in [5.41, 5.74) is 5.78. The van der Waals surface area contributed by atoms with Crippen LogP contribution in [0.4, 0.5) is 5.69 Å². The van der Waals surface area contributed by atoms with Crippen molar-refractivity contribution in [1.29, 1.82) is 5.26 Å². The summed E-state index contributed by atoms with van der Waals surface area (Å²) in [6, 6.07) is 8.08. The second-order valence-corrected chi connectivity index (χ2v) is 8.72. The zero-order valence-electron chi connectivity index (χ0n) is 15.0. The van der Waals surface area contributed by atoms with Gasteiger partial charge in [0.15, 0.2) is 0 Å². The standard InChI is InChI=1S/C20H20BrN3OS/c1-11-7-8-18(16(21)9-11)23-19(25)13(3)26-20-15(10-22)12(2)14-5-4-6-17(14)24-20/h7-9,13H,4-6H2,1-3H3,(H,23,25). The number of amides is 1. The number of aryl methyl sites for hydroxylation is 2. The quantitative estimate of drug-likeness (QED) is 0.698. The van der Waals surface area contributed by atoms with Crippen LogP contribution >= 0.6 is 27.7 Å². The van der Waals surface area contributed by atoms with Crippen molar-refractivity contribution in [2.75, 3.05) is 5.32 Å². The zero-order chi connectivity index (χ0) is 18.8. The van der Waals surface area contributed by atoms with Crippen LogP contribution in [0.1, 0.15) is 41.3 Å². The molecule has 1 atom stereocenters. The summed E-state index contributed by atoms with van der Waals surface area (Å²) in [5.74, 6) is -0.108. The number of benzene rings is 1. The zero-order valence-corrected chi connectivity index (χ0v) is 17.4. The Balaban J connectivity index is 1.79. The van der Waals surface area contributed by atoms with Crippen LogP contribution in [0.25, 0.3) is 0 Å². The van der Waals surface area contributed by atoms with E-state index in [9.17, 15) is 10.1 Å². The van der Waals surface area contributed by atoms with Crippen molar-refractivity contribution < 1.29 is 4.79 Å². The number of nitrogens with zero attached hydrogens (tertiary/aromatic N) is 2. The normalized spacial score (nSPS) is 13.8. The number of hydrogen-bond acceptors (Lipinski definition) is 4. The van der Waals surface area contributed by atoms with E-state index >= 15 is 0 Å². The molecule has 1 unspecified atom stereocenters. The maximum atomic E-state index is 12.6. The molecule has 4 nitrogen and oxygen atoms in total. The highest BCUT2D eigenvalue weighted by atomic mass is 79.9. The Morgan fingerprint density at radius 3 is 2.85 bits per heavy atom. The predicted octanol–water partition coefficient (Wildman–Crippen LogP) is 4.94. The molecule has 1 aliphatic carbocycles. The summed E-state index contributed by atoms with van der Waals surface area (Å²) in [7, 11) is 0. The fourth-order valence-corrected chi connectivity index (χ4v) is 4.71. The van der Waals surface area contributed by atoms with Crippen LogP contribution in [-0.4, -0.2) is 16.1 Å². The summed E-state index contributed by atoms with van der Waals surface area (Å²) in [4.78, 5) is 17.3. The Labute approximate surface area is 166 Å². The van der Waals surface area contributed by atoms with Crippen molar-refractivity contribution in [2.45, 2.75) is 50.3 Å². The number of anilines is 1. The minimum Gasteiger partial charge on any atom is -0.324 e. The number of nitrogens with one attached hydrogen (secondary N) is 1. The molecule has 1 amide bonds. The third kappa shape index (κ3) is 3.79. The predicted molar refractivity (Wildman–Crippen MR) is 109 cm³/mol. The molecule has 1 N–H and O–H groups in total. The highest BCUT2D eigenvalue weighted by Crippen LogP contribution is 2.34. The fourth-order valence-electron chi connectivity index (χ4n) is 3.14. The molecule has 3 rings (SSSR count). The lowest BCUT2D eigenvalue weighted by Crippen LogP contribution is -2.23. The number of hydrogen-bond donors (Lipinski definition) is 1. The molecule has 0 spiro atoms. The first-order valence-corrected chi connectivity index (χ1v) is 10.2. The van der Waals surface area contributed by atoms with Gasteiger partial charge in [-0.25, -0.2) is 4.98 Å².